The number of thiazole rings is 1. The topological polar surface area (TPSA) is 45.7 Å². The number of rotatable bonds is 6. The van der Waals surface area contributed by atoms with E-state index in [2.05, 4.69) is 9.88 Å². The highest BCUT2D eigenvalue weighted by atomic mass is 32.1. The van der Waals surface area contributed by atoms with Gasteiger partial charge in [0.15, 0.2) is 0 Å². The minimum absolute atomic E-state index is 0.0564. The smallest absolute Gasteiger partial charge is 0.416 e. The first-order valence-corrected chi connectivity index (χ1v) is 11.5. The third kappa shape index (κ3) is 6.11. The maximum atomic E-state index is 13.0. The SMILES string of the molecule is Cc1nc(COc2cccc(C(=O)N3CCN(Cc4ccc(C(F)(F)F)cc4)CC3)c2)cs1. The van der Waals surface area contributed by atoms with E-state index in [4.69, 9.17) is 4.74 Å². The van der Waals surface area contributed by atoms with E-state index < -0.39 is 11.7 Å². The first kappa shape index (κ1) is 23.3. The molecule has 9 heteroatoms. The van der Waals surface area contributed by atoms with Crippen LogP contribution in [0.5, 0.6) is 5.75 Å². The summed E-state index contributed by atoms with van der Waals surface area (Å²) in [5.74, 6) is 0.562. The summed E-state index contributed by atoms with van der Waals surface area (Å²) in [5, 5.41) is 2.93. The van der Waals surface area contributed by atoms with Crippen LogP contribution in [0.4, 0.5) is 13.2 Å². The van der Waals surface area contributed by atoms with Gasteiger partial charge in [-0.2, -0.15) is 13.2 Å². The number of nitrogens with zero attached hydrogens (tertiary/aromatic N) is 3. The molecule has 1 fully saturated rings. The number of benzene rings is 2. The lowest BCUT2D eigenvalue weighted by atomic mass is 10.1. The van der Waals surface area contributed by atoms with Crippen LogP contribution >= 0.6 is 11.3 Å². The molecule has 1 amide bonds. The van der Waals surface area contributed by atoms with Gasteiger partial charge in [-0.25, -0.2) is 4.98 Å². The fourth-order valence-electron chi connectivity index (χ4n) is 3.70. The summed E-state index contributed by atoms with van der Waals surface area (Å²) in [6.07, 6.45) is -4.33. The van der Waals surface area contributed by atoms with Crippen LogP contribution in [0.3, 0.4) is 0 Å². The number of halogens is 3. The van der Waals surface area contributed by atoms with Crippen LogP contribution in [-0.4, -0.2) is 46.9 Å². The average Bonchev–Trinajstić information content (AvgIpc) is 3.23. The molecule has 2 heterocycles. The highest BCUT2D eigenvalue weighted by Crippen LogP contribution is 2.29. The molecule has 33 heavy (non-hydrogen) atoms. The second-order valence-corrected chi connectivity index (χ2v) is 9.00. The molecule has 1 aromatic heterocycles. The van der Waals surface area contributed by atoms with Crippen molar-refractivity contribution in [1.29, 1.82) is 0 Å². The van der Waals surface area contributed by atoms with E-state index in [1.807, 2.05) is 18.4 Å². The lowest BCUT2D eigenvalue weighted by Gasteiger charge is -2.34. The largest absolute Gasteiger partial charge is 0.487 e. The monoisotopic (exact) mass is 475 g/mol. The van der Waals surface area contributed by atoms with Gasteiger partial charge in [-0.1, -0.05) is 18.2 Å². The molecule has 3 aromatic rings. The quantitative estimate of drug-likeness (QED) is 0.503. The maximum absolute atomic E-state index is 13.0. The molecule has 174 valence electrons. The zero-order valence-corrected chi connectivity index (χ0v) is 19.0. The molecule has 1 saturated heterocycles. The van der Waals surface area contributed by atoms with Crippen molar-refractivity contribution in [2.24, 2.45) is 0 Å². The number of piperazine rings is 1. The van der Waals surface area contributed by atoms with Crippen LogP contribution in [0.1, 0.15) is 32.2 Å². The Balaban J connectivity index is 1.29. The molecule has 0 unspecified atom stereocenters. The molecule has 0 bridgehead atoms. The summed E-state index contributed by atoms with van der Waals surface area (Å²) in [6.45, 7) is 5.28. The Morgan fingerprint density at radius 3 is 2.45 bits per heavy atom. The standard InChI is InChI=1S/C24H24F3N3O2S/c1-17-28-21(16-33-17)15-32-22-4-2-3-19(13-22)23(31)30-11-9-29(10-12-30)14-18-5-7-20(8-6-18)24(25,26)27/h2-8,13,16H,9-12,14-15H2,1H3. The van der Waals surface area contributed by atoms with Crippen molar-refractivity contribution < 1.29 is 22.7 Å². The van der Waals surface area contributed by atoms with Gasteiger partial charge in [-0.05, 0) is 42.8 Å². The average molecular weight is 476 g/mol. The molecule has 0 spiro atoms. The Kier molecular flexibility index (Phi) is 6.99. The summed E-state index contributed by atoms with van der Waals surface area (Å²) in [4.78, 5) is 21.3. The number of aryl methyl sites for hydroxylation is 1. The van der Waals surface area contributed by atoms with Crippen LogP contribution in [0.25, 0.3) is 0 Å². The van der Waals surface area contributed by atoms with Gasteiger partial charge in [0, 0.05) is 43.7 Å². The Morgan fingerprint density at radius 1 is 1.09 bits per heavy atom. The van der Waals surface area contributed by atoms with Crippen LogP contribution in [0, 0.1) is 6.92 Å². The normalized spacial score (nSPS) is 15.0. The highest BCUT2D eigenvalue weighted by Gasteiger charge is 2.30. The molecule has 1 aliphatic heterocycles. The van der Waals surface area contributed by atoms with Gasteiger partial charge in [0.25, 0.3) is 5.91 Å². The number of hydrogen-bond acceptors (Lipinski definition) is 5. The molecule has 4 rings (SSSR count). The third-order valence-electron chi connectivity index (χ3n) is 5.48. The molecule has 2 aromatic carbocycles. The lowest BCUT2D eigenvalue weighted by molar-refractivity contribution is -0.137. The van der Waals surface area contributed by atoms with E-state index in [-0.39, 0.29) is 5.91 Å². The summed E-state index contributed by atoms with van der Waals surface area (Å²) < 4.78 is 44.0. The van der Waals surface area contributed by atoms with Crippen molar-refractivity contribution in [2.45, 2.75) is 26.3 Å². The third-order valence-corrected chi connectivity index (χ3v) is 6.30. The first-order chi connectivity index (χ1) is 15.8. The van der Waals surface area contributed by atoms with E-state index in [9.17, 15) is 18.0 Å². The number of aromatic nitrogens is 1. The fraction of sp³-hybridized carbons (Fsp3) is 0.333. The van der Waals surface area contributed by atoms with Gasteiger partial charge in [-0.15, -0.1) is 11.3 Å². The predicted octanol–water partition coefficient (Wildman–Crippen LogP) is 5.01. The molecule has 0 aliphatic carbocycles. The fourth-order valence-corrected chi connectivity index (χ4v) is 4.30. The number of amides is 1. The first-order valence-electron chi connectivity index (χ1n) is 10.6. The van der Waals surface area contributed by atoms with Crippen LogP contribution < -0.4 is 4.74 Å². The van der Waals surface area contributed by atoms with Gasteiger partial charge >= 0.3 is 6.18 Å². The second-order valence-electron chi connectivity index (χ2n) is 7.94. The minimum atomic E-state index is -4.33. The van der Waals surface area contributed by atoms with E-state index in [1.54, 1.807) is 34.4 Å². The zero-order valence-electron chi connectivity index (χ0n) is 18.1. The van der Waals surface area contributed by atoms with E-state index in [1.165, 1.54) is 12.1 Å². The minimum Gasteiger partial charge on any atom is -0.487 e. The van der Waals surface area contributed by atoms with Crippen molar-refractivity contribution in [3.63, 3.8) is 0 Å². The van der Waals surface area contributed by atoms with Gasteiger partial charge in [0.1, 0.15) is 12.4 Å². The summed E-state index contributed by atoms with van der Waals surface area (Å²) in [6, 6.07) is 12.4. The number of alkyl halides is 3. The van der Waals surface area contributed by atoms with Gasteiger partial charge in [0.2, 0.25) is 0 Å². The van der Waals surface area contributed by atoms with Gasteiger partial charge in [0.05, 0.1) is 16.3 Å². The highest BCUT2D eigenvalue weighted by molar-refractivity contribution is 7.09. The van der Waals surface area contributed by atoms with Crippen LogP contribution in [0.15, 0.2) is 53.9 Å². The molecular formula is C24H24F3N3O2S. The van der Waals surface area contributed by atoms with Gasteiger partial charge in [-0.3, -0.25) is 9.69 Å². The molecule has 0 saturated carbocycles. The van der Waals surface area contributed by atoms with Crippen LogP contribution in [0.2, 0.25) is 0 Å². The number of ether oxygens (including phenoxy) is 1. The van der Waals surface area contributed by atoms with Crippen molar-refractivity contribution in [1.82, 2.24) is 14.8 Å². The van der Waals surface area contributed by atoms with Crippen molar-refractivity contribution in [3.05, 3.63) is 81.3 Å². The van der Waals surface area contributed by atoms with Gasteiger partial charge < -0.3 is 9.64 Å². The Hall–Kier alpha value is -2.91. The summed E-state index contributed by atoms with van der Waals surface area (Å²) in [7, 11) is 0. The Bertz CT molecular complexity index is 1090. The number of carbonyl (C=O) groups excluding carboxylic acids is 1. The Morgan fingerprint density at radius 2 is 1.82 bits per heavy atom. The molecule has 0 atom stereocenters. The van der Waals surface area contributed by atoms with Crippen LogP contribution in [-0.2, 0) is 19.3 Å². The lowest BCUT2D eigenvalue weighted by Crippen LogP contribution is -2.48. The molecule has 0 N–H and O–H groups in total. The maximum Gasteiger partial charge on any atom is 0.416 e. The van der Waals surface area contributed by atoms with Crippen molar-refractivity contribution in [3.8, 4) is 5.75 Å². The van der Waals surface area contributed by atoms with E-state index >= 15 is 0 Å². The van der Waals surface area contributed by atoms with E-state index in [0.29, 0.717) is 50.6 Å². The Labute approximate surface area is 194 Å². The molecule has 0 radical (unpaired) electrons. The number of hydrogen-bond donors (Lipinski definition) is 0. The van der Waals surface area contributed by atoms with Crippen molar-refractivity contribution >= 4 is 17.2 Å². The second kappa shape index (κ2) is 9.93. The zero-order chi connectivity index (χ0) is 23.4. The summed E-state index contributed by atoms with van der Waals surface area (Å²) >= 11 is 1.57. The van der Waals surface area contributed by atoms with Crippen molar-refractivity contribution in [2.75, 3.05) is 26.2 Å². The number of carbonyl (C=O) groups is 1. The summed E-state index contributed by atoms with van der Waals surface area (Å²) in [5.41, 5.74) is 1.61. The molecule has 5 nitrogen and oxygen atoms in total. The predicted molar refractivity (Wildman–Crippen MR) is 120 cm³/mol. The molecule has 1 aliphatic rings. The molecular weight excluding hydrogens is 451 g/mol. The van der Waals surface area contributed by atoms with E-state index in [0.717, 1.165) is 28.4 Å².